The van der Waals surface area contributed by atoms with Crippen LogP contribution in [0.3, 0.4) is 0 Å². The molecule has 0 aromatic rings. The highest BCUT2D eigenvalue weighted by atomic mass is 16.4. The molecule has 0 amide bonds. The van der Waals surface area contributed by atoms with Crippen LogP contribution in [-0.2, 0) is 9.59 Å². The third-order valence-corrected chi connectivity index (χ3v) is 7.85. The van der Waals surface area contributed by atoms with Gasteiger partial charge in [0.1, 0.15) is 0 Å². The summed E-state index contributed by atoms with van der Waals surface area (Å²) in [6, 6.07) is 0. The average molecular weight is 314 g/mol. The molecular weight excluding hydrogens is 288 g/mol. The third-order valence-electron chi connectivity index (χ3n) is 7.85. The Balaban J connectivity index is 1.68. The maximum Gasteiger partial charge on any atom is 0.307 e. The first-order chi connectivity index (χ1) is 10.9. The molecule has 4 rings (SSSR count). The number of rotatable bonds is 1. The van der Waals surface area contributed by atoms with Crippen molar-refractivity contribution in [1.82, 2.24) is 0 Å². The van der Waals surface area contributed by atoms with E-state index in [4.69, 9.17) is 0 Å². The van der Waals surface area contributed by atoms with Gasteiger partial charge < -0.3 is 5.11 Å². The van der Waals surface area contributed by atoms with Crippen molar-refractivity contribution >= 4 is 11.8 Å². The van der Waals surface area contributed by atoms with Gasteiger partial charge >= 0.3 is 5.97 Å². The van der Waals surface area contributed by atoms with E-state index in [-0.39, 0.29) is 22.5 Å². The van der Waals surface area contributed by atoms with Gasteiger partial charge in [0, 0.05) is 5.41 Å². The number of carboxylic acid groups (broad SMARTS) is 1. The molecule has 6 atom stereocenters. The van der Waals surface area contributed by atoms with Crippen LogP contribution in [0.25, 0.3) is 0 Å². The monoisotopic (exact) mass is 314 g/mol. The maximum atomic E-state index is 11.7. The van der Waals surface area contributed by atoms with Crippen LogP contribution in [0.5, 0.6) is 0 Å². The lowest BCUT2D eigenvalue weighted by Crippen LogP contribution is -2.50. The SMILES string of the molecule is CC12C=CC(=O)C=C1CCC1C2CCC2(C)C(C(=O)O)CCC12. The smallest absolute Gasteiger partial charge is 0.307 e. The molecule has 0 aliphatic heterocycles. The molecule has 3 nitrogen and oxygen atoms in total. The summed E-state index contributed by atoms with van der Waals surface area (Å²) in [6.07, 6.45) is 11.9. The predicted octanol–water partition coefficient (Wildman–Crippen LogP) is 4.00. The van der Waals surface area contributed by atoms with Crippen molar-refractivity contribution in [3.63, 3.8) is 0 Å². The lowest BCUT2D eigenvalue weighted by atomic mass is 9.48. The predicted molar refractivity (Wildman–Crippen MR) is 87.7 cm³/mol. The molecule has 6 unspecified atom stereocenters. The molecule has 3 saturated carbocycles. The van der Waals surface area contributed by atoms with Gasteiger partial charge in [-0.2, -0.15) is 0 Å². The first kappa shape index (κ1) is 15.2. The number of carbonyl (C=O) groups excluding carboxylic acids is 1. The number of carbonyl (C=O) groups is 2. The number of ketones is 1. The van der Waals surface area contributed by atoms with Crippen LogP contribution in [0.15, 0.2) is 23.8 Å². The summed E-state index contributed by atoms with van der Waals surface area (Å²) in [6.45, 7) is 4.53. The number of hydrogen-bond acceptors (Lipinski definition) is 2. The maximum absolute atomic E-state index is 11.7. The minimum absolute atomic E-state index is 0.0134. The number of fused-ring (bicyclic) bond motifs is 5. The van der Waals surface area contributed by atoms with E-state index in [9.17, 15) is 14.7 Å². The molecular formula is C20H26O3. The fourth-order valence-electron chi connectivity index (χ4n) is 6.60. The van der Waals surface area contributed by atoms with Crippen molar-refractivity contribution < 1.29 is 14.7 Å². The van der Waals surface area contributed by atoms with E-state index < -0.39 is 5.97 Å². The van der Waals surface area contributed by atoms with Crippen molar-refractivity contribution in [2.24, 2.45) is 34.5 Å². The average Bonchev–Trinajstić information content (AvgIpc) is 2.85. The number of carboxylic acids is 1. The second-order valence-corrected chi connectivity index (χ2v) is 8.62. The Morgan fingerprint density at radius 1 is 1.17 bits per heavy atom. The van der Waals surface area contributed by atoms with E-state index >= 15 is 0 Å². The molecule has 0 aromatic heterocycles. The zero-order valence-electron chi connectivity index (χ0n) is 14.0. The quantitative estimate of drug-likeness (QED) is 0.796. The first-order valence-electron chi connectivity index (χ1n) is 9.03. The summed E-state index contributed by atoms with van der Waals surface area (Å²) in [5, 5.41) is 9.62. The number of hydrogen-bond donors (Lipinski definition) is 1. The van der Waals surface area contributed by atoms with Gasteiger partial charge in [0.25, 0.3) is 0 Å². The Kier molecular flexibility index (Phi) is 3.17. The van der Waals surface area contributed by atoms with E-state index in [2.05, 4.69) is 19.9 Å². The summed E-state index contributed by atoms with van der Waals surface area (Å²) in [4.78, 5) is 23.4. The van der Waals surface area contributed by atoms with Crippen LogP contribution in [0.2, 0.25) is 0 Å². The summed E-state index contributed by atoms with van der Waals surface area (Å²) < 4.78 is 0. The second kappa shape index (κ2) is 4.81. The van der Waals surface area contributed by atoms with Crippen molar-refractivity contribution in [2.45, 2.75) is 52.4 Å². The molecule has 1 N–H and O–H groups in total. The highest BCUT2D eigenvalue weighted by Gasteiger charge is 2.59. The van der Waals surface area contributed by atoms with Gasteiger partial charge in [0.2, 0.25) is 0 Å². The molecule has 0 heterocycles. The van der Waals surface area contributed by atoms with Crippen molar-refractivity contribution in [3.05, 3.63) is 23.8 Å². The fourth-order valence-corrected chi connectivity index (χ4v) is 6.60. The fraction of sp³-hybridized carbons (Fsp3) is 0.700. The Bertz CT molecular complexity index is 631. The van der Waals surface area contributed by atoms with Gasteiger partial charge in [-0.05, 0) is 73.8 Å². The minimum Gasteiger partial charge on any atom is -0.481 e. The summed E-state index contributed by atoms with van der Waals surface area (Å²) >= 11 is 0. The summed E-state index contributed by atoms with van der Waals surface area (Å²) in [5.74, 6) is 1.08. The molecule has 23 heavy (non-hydrogen) atoms. The molecule has 0 bridgehead atoms. The summed E-state index contributed by atoms with van der Waals surface area (Å²) in [5.41, 5.74) is 1.29. The minimum atomic E-state index is -0.598. The number of allylic oxidation sites excluding steroid dienone is 4. The summed E-state index contributed by atoms with van der Waals surface area (Å²) in [7, 11) is 0. The first-order valence-corrected chi connectivity index (χ1v) is 9.03. The van der Waals surface area contributed by atoms with Gasteiger partial charge in [0.05, 0.1) is 5.92 Å². The molecule has 4 aliphatic rings. The highest BCUT2D eigenvalue weighted by molar-refractivity contribution is 6.01. The Morgan fingerprint density at radius 2 is 1.96 bits per heavy atom. The van der Waals surface area contributed by atoms with Crippen LogP contribution in [-0.4, -0.2) is 16.9 Å². The lowest BCUT2D eigenvalue weighted by Gasteiger charge is -2.56. The van der Waals surface area contributed by atoms with Crippen LogP contribution in [0.1, 0.15) is 52.4 Å². The Morgan fingerprint density at radius 3 is 2.70 bits per heavy atom. The van der Waals surface area contributed by atoms with E-state index in [1.807, 2.05) is 6.08 Å². The standard InChI is InChI=1S/C20H26O3/c1-19-9-7-13(21)11-12(19)3-4-14-15-5-6-17(18(22)23)20(15,2)10-8-16(14)19/h7,9,11,14-17H,3-6,8,10H2,1-2H3,(H,22,23). The van der Waals surface area contributed by atoms with Crippen LogP contribution >= 0.6 is 0 Å². The molecule has 0 spiro atoms. The molecule has 0 saturated heterocycles. The molecule has 0 radical (unpaired) electrons. The van der Waals surface area contributed by atoms with Gasteiger partial charge in [0.15, 0.2) is 5.78 Å². The van der Waals surface area contributed by atoms with Crippen LogP contribution < -0.4 is 0 Å². The van der Waals surface area contributed by atoms with Crippen LogP contribution in [0, 0.1) is 34.5 Å². The molecule has 4 aliphatic carbocycles. The van der Waals surface area contributed by atoms with Gasteiger partial charge in [-0.15, -0.1) is 0 Å². The van der Waals surface area contributed by atoms with Gasteiger partial charge in [-0.1, -0.05) is 25.5 Å². The topological polar surface area (TPSA) is 54.4 Å². The molecule has 0 aromatic carbocycles. The van der Waals surface area contributed by atoms with E-state index in [1.54, 1.807) is 6.08 Å². The van der Waals surface area contributed by atoms with Gasteiger partial charge in [-0.3, -0.25) is 9.59 Å². The highest BCUT2D eigenvalue weighted by Crippen LogP contribution is 2.65. The molecule has 3 fully saturated rings. The van der Waals surface area contributed by atoms with E-state index in [0.717, 1.165) is 38.5 Å². The second-order valence-electron chi connectivity index (χ2n) is 8.62. The van der Waals surface area contributed by atoms with Crippen molar-refractivity contribution in [2.75, 3.05) is 0 Å². The Hall–Kier alpha value is -1.38. The van der Waals surface area contributed by atoms with Gasteiger partial charge in [-0.25, -0.2) is 0 Å². The number of aliphatic carboxylic acids is 1. The molecule has 124 valence electrons. The Labute approximate surface area is 137 Å². The van der Waals surface area contributed by atoms with E-state index in [1.165, 1.54) is 5.57 Å². The largest absolute Gasteiger partial charge is 0.481 e. The van der Waals surface area contributed by atoms with Crippen molar-refractivity contribution in [3.8, 4) is 0 Å². The molecule has 3 heteroatoms. The van der Waals surface area contributed by atoms with Crippen molar-refractivity contribution in [1.29, 1.82) is 0 Å². The zero-order valence-corrected chi connectivity index (χ0v) is 14.0. The lowest BCUT2D eigenvalue weighted by molar-refractivity contribution is -0.148. The zero-order chi connectivity index (χ0) is 16.4. The third kappa shape index (κ3) is 1.95. The van der Waals surface area contributed by atoms with E-state index in [0.29, 0.717) is 17.8 Å². The normalized spacial score (nSPS) is 48.3. The van der Waals surface area contributed by atoms with Crippen LogP contribution in [0.4, 0.5) is 0 Å².